The van der Waals surface area contributed by atoms with Crippen LogP contribution in [0.15, 0.2) is 217 Å². The van der Waals surface area contributed by atoms with Crippen LogP contribution in [-0.2, 0) is 0 Å². The van der Waals surface area contributed by atoms with Crippen LogP contribution >= 0.6 is 0 Å². The Bertz CT molecular complexity index is 3220. The van der Waals surface area contributed by atoms with E-state index >= 15 is 0 Å². The normalized spacial score (nSPS) is 11.6. The van der Waals surface area contributed by atoms with Gasteiger partial charge in [0, 0.05) is 27.5 Å². The third-order valence-electron chi connectivity index (χ3n) is 11.2. The molecule has 262 valence electrons. The highest BCUT2D eigenvalue weighted by Gasteiger charge is 2.23. The lowest BCUT2D eigenvalue weighted by Crippen LogP contribution is -2.10. The SMILES string of the molecule is c1ccc(-c2ccc(-c3ccc(N(c4ccc(-c5ccccc5)cc4)c4ccc5cc6ccccc6cc5c4)c4oc5c6ccccc6ccc5c34)cc2)cc1. The fourth-order valence-electron chi connectivity index (χ4n) is 8.41. The molecule has 0 unspecified atom stereocenters. The van der Waals surface area contributed by atoms with Gasteiger partial charge in [-0.2, -0.15) is 0 Å². The van der Waals surface area contributed by atoms with E-state index < -0.39 is 0 Å². The van der Waals surface area contributed by atoms with Crippen molar-refractivity contribution in [3.8, 4) is 33.4 Å². The van der Waals surface area contributed by atoms with E-state index in [1.54, 1.807) is 0 Å². The van der Waals surface area contributed by atoms with Gasteiger partial charge in [0.2, 0.25) is 0 Å². The van der Waals surface area contributed by atoms with Crippen LogP contribution in [0.25, 0.3) is 87.6 Å². The van der Waals surface area contributed by atoms with Gasteiger partial charge in [0.1, 0.15) is 5.58 Å². The topological polar surface area (TPSA) is 16.4 Å². The van der Waals surface area contributed by atoms with E-state index in [2.05, 4.69) is 217 Å². The van der Waals surface area contributed by atoms with Crippen molar-refractivity contribution >= 4 is 71.3 Å². The third kappa shape index (κ3) is 5.42. The lowest BCUT2D eigenvalue weighted by Gasteiger charge is -2.26. The highest BCUT2D eigenvalue weighted by atomic mass is 16.3. The van der Waals surface area contributed by atoms with Crippen LogP contribution in [0.3, 0.4) is 0 Å². The lowest BCUT2D eigenvalue weighted by atomic mass is 9.95. The average Bonchev–Trinajstić information content (AvgIpc) is 3.67. The first kappa shape index (κ1) is 32.0. The first-order valence-corrected chi connectivity index (χ1v) is 19.2. The number of hydrogen-bond donors (Lipinski definition) is 0. The quantitative estimate of drug-likeness (QED) is 0.160. The third-order valence-corrected chi connectivity index (χ3v) is 11.2. The van der Waals surface area contributed by atoms with Crippen molar-refractivity contribution in [2.45, 2.75) is 0 Å². The van der Waals surface area contributed by atoms with E-state index in [1.807, 2.05) is 0 Å². The molecule has 1 heterocycles. The van der Waals surface area contributed by atoms with Gasteiger partial charge < -0.3 is 9.32 Å². The zero-order chi connectivity index (χ0) is 37.0. The summed E-state index contributed by atoms with van der Waals surface area (Å²) in [6.07, 6.45) is 0. The second kappa shape index (κ2) is 13.2. The Morgan fingerprint density at radius 3 is 1.52 bits per heavy atom. The Labute approximate surface area is 325 Å². The highest BCUT2D eigenvalue weighted by Crippen LogP contribution is 2.48. The molecule has 11 rings (SSSR count). The number of anilines is 3. The smallest absolute Gasteiger partial charge is 0.160 e. The molecule has 11 aromatic rings. The molecule has 0 bridgehead atoms. The summed E-state index contributed by atoms with van der Waals surface area (Å²) >= 11 is 0. The van der Waals surface area contributed by atoms with Crippen LogP contribution < -0.4 is 4.90 Å². The molecule has 0 amide bonds. The van der Waals surface area contributed by atoms with Crippen molar-refractivity contribution in [3.05, 3.63) is 212 Å². The Morgan fingerprint density at radius 1 is 0.304 bits per heavy atom. The summed E-state index contributed by atoms with van der Waals surface area (Å²) in [5, 5.41) is 9.34. The number of rotatable bonds is 6. The van der Waals surface area contributed by atoms with E-state index in [0.717, 1.165) is 60.9 Å². The van der Waals surface area contributed by atoms with Crippen molar-refractivity contribution in [1.29, 1.82) is 0 Å². The summed E-state index contributed by atoms with van der Waals surface area (Å²) in [5.41, 5.74) is 11.9. The van der Waals surface area contributed by atoms with Crippen LogP contribution in [0.5, 0.6) is 0 Å². The van der Waals surface area contributed by atoms with Crippen molar-refractivity contribution in [2.75, 3.05) is 4.90 Å². The van der Waals surface area contributed by atoms with Gasteiger partial charge in [-0.1, -0.05) is 164 Å². The molecule has 2 heteroatoms. The fraction of sp³-hybridized carbons (Fsp3) is 0. The largest absolute Gasteiger partial charge is 0.453 e. The molecule has 0 saturated heterocycles. The molecule has 0 fully saturated rings. The molecule has 0 saturated carbocycles. The molecular weight excluding hydrogens is 679 g/mol. The minimum absolute atomic E-state index is 0.853. The van der Waals surface area contributed by atoms with Gasteiger partial charge in [0.15, 0.2) is 5.58 Å². The van der Waals surface area contributed by atoms with Crippen molar-refractivity contribution in [1.82, 2.24) is 0 Å². The average molecular weight is 714 g/mol. The summed E-state index contributed by atoms with van der Waals surface area (Å²) in [6, 6.07) is 76.4. The zero-order valence-corrected chi connectivity index (χ0v) is 30.6. The standard InChI is InChI=1S/C54H35NO/c1-3-11-36(12-4-1)38-19-21-41(22-20-38)48-31-32-51(54-52(48)50-30-26-40-15-9-10-18-49(40)53(50)56-54)55(46-27-23-39(24-28-46)37-13-5-2-6-14-37)47-29-25-44-33-42-16-7-8-17-43(42)34-45(44)35-47/h1-35H. The molecule has 1 aromatic heterocycles. The second-order valence-electron chi connectivity index (χ2n) is 14.5. The molecule has 0 spiro atoms. The summed E-state index contributed by atoms with van der Waals surface area (Å²) in [6.45, 7) is 0. The summed E-state index contributed by atoms with van der Waals surface area (Å²) in [7, 11) is 0. The van der Waals surface area contributed by atoms with Crippen LogP contribution in [0.1, 0.15) is 0 Å². The molecule has 0 aliphatic heterocycles. The maximum absolute atomic E-state index is 7.17. The molecule has 0 atom stereocenters. The Hall–Kier alpha value is -7.42. The number of furan rings is 1. The first-order valence-electron chi connectivity index (χ1n) is 19.2. The second-order valence-corrected chi connectivity index (χ2v) is 14.5. The molecule has 0 N–H and O–H groups in total. The number of benzene rings is 10. The number of hydrogen-bond acceptors (Lipinski definition) is 2. The van der Waals surface area contributed by atoms with Crippen molar-refractivity contribution in [2.24, 2.45) is 0 Å². The van der Waals surface area contributed by atoms with Crippen LogP contribution in [-0.4, -0.2) is 0 Å². The van der Waals surface area contributed by atoms with E-state index in [0.29, 0.717) is 0 Å². The molecule has 10 aromatic carbocycles. The van der Waals surface area contributed by atoms with E-state index in [9.17, 15) is 0 Å². The molecule has 56 heavy (non-hydrogen) atoms. The van der Waals surface area contributed by atoms with Crippen molar-refractivity contribution in [3.63, 3.8) is 0 Å². The molecule has 2 nitrogen and oxygen atoms in total. The van der Waals surface area contributed by atoms with E-state index in [-0.39, 0.29) is 0 Å². The van der Waals surface area contributed by atoms with Gasteiger partial charge in [0.05, 0.1) is 5.69 Å². The predicted molar refractivity (Wildman–Crippen MR) is 237 cm³/mol. The van der Waals surface area contributed by atoms with Crippen LogP contribution in [0.2, 0.25) is 0 Å². The van der Waals surface area contributed by atoms with Gasteiger partial charge >= 0.3 is 0 Å². The summed E-state index contributed by atoms with van der Waals surface area (Å²) < 4.78 is 7.17. The zero-order valence-electron chi connectivity index (χ0n) is 30.6. The van der Waals surface area contributed by atoms with Gasteiger partial charge in [-0.3, -0.25) is 0 Å². The van der Waals surface area contributed by atoms with Gasteiger partial charge in [-0.05, 0) is 109 Å². The first-order chi connectivity index (χ1) is 27.7. The summed E-state index contributed by atoms with van der Waals surface area (Å²) in [4.78, 5) is 2.36. The van der Waals surface area contributed by atoms with Crippen LogP contribution in [0.4, 0.5) is 17.1 Å². The Balaban J connectivity index is 1.16. The van der Waals surface area contributed by atoms with Gasteiger partial charge in [0.25, 0.3) is 0 Å². The van der Waals surface area contributed by atoms with E-state index in [4.69, 9.17) is 4.42 Å². The maximum atomic E-state index is 7.17. The maximum Gasteiger partial charge on any atom is 0.160 e. The number of nitrogens with zero attached hydrogens (tertiary/aromatic N) is 1. The van der Waals surface area contributed by atoms with Crippen LogP contribution in [0, 0.1) is 0 Å². The Morgan fingerprint density at radius 2 is 0.821 bits per heavy atom. The minimum atomic E-state index is 0.853. The molecule has 0 aliphatic carbocycles. The molecular formula is C54H35NO. The minimum Gasteiger partial charge on any atom is -0.453 e. The van der Waals surface area contributed by atoms with Gasteiger partial charge in [-0.25, -0.2) is 0 Å². The highest BCUT2D eigenvalue weighted by molar-refractivity contribution is 6.22. The summed E-state index contributed by atoms with van der Waals surface area (Å²) in [5.74, 6) is 0. The lowest BCUT2D eigenvalue weighted by molar-refractivity contribution is 0.673. The molecule has 0 aliphatic rings. The van der Waals surface area contributed by atoms with E-state index in [1.165, 1.54) is 43.8 Å². The number of fused-ring (bicyclic) bond motifs is 7. The van der Waals surface area contributed by atoms with Crippen molar-refractivity contribution < 1.29 is 4.42 Å². The van der Waals surface area contributed by atoms with Gasteiger partial charge in [-0.15, -0.1) is 0 Å². The monoisotopic (exact) mass is 713 g/mol. The predicted octanol–water partition coefficient (Wildman–Crippen LogP) is 15.5. The fourth-order valence-corrected chi connectivity index (χ4v) is 8.41. The molecule has 0 radical (unpaired) electrons. The Kier molecular flexibility index (Phi) is 7.53.